The van der Waals surface area contributed by atoms with Crippen molar-refractivity contribution in [1.29, 1.82) is 0 Å². The Morgan fingerprint density at radius 3 is 2.15 bits per heavy atom. The third-order valence-corrected chi connectivity index (χ3v) is 2.17. The normalized spacial score (nSPS) is 12.6. The number of carbonyl (C=O) groups excluding carboxylic acids is 1. The third kappa shape index (κ3) is 4.45. The molecule has 0 aromatic rings. The molecule has 1 unspecified atom stereocenters. The first-order valence-corrected chi connectivity index (χ1v) is 4.77. The number of hydrogen-bond donors (Lipinski definition) is 2. The fraction of sp³-hybridized carbons (Fsp3) is 0.875. The molecule has 78 valence electrons. The highest BCUT2D eigenvalue weighted by atomic mass is 35.5. The van der Waals surface area contributed by atoms with E-state index in [9.17, 15) is 4.79 Å². The Bertz CT molecular complexity index is 148. The number of amides is 1. The second kappa shape index (κ2) is 7.12. The Hall–Kier alpha value is -0.320. The van der Waals surface area contributed by atoms with Crippen LogP contribution in [0.1, 0.15) is 6.92 Å². The van der Waals surface area contributed by atoms with Crippen LogP contribution in [0.5, 0.6) is 0 Å². The zero-order valence-electron chi connectivity index (χ0n) is 7.74. The van der Waals surface area contributed by atoms with E-state index in [1.807, 2.05) is 0 Å². The zero-order chi connectivity index (χ0) is 10.3. The Kier molecular flexibility index (Phi) is 6.94. The third-order valence-electron chi connectivity index (χ3n) is 1.70. The predicted molar refractivity (Wildman–Crippen MR) is 50.6 cm³/mol. The average Bonchev–Trinajstić information content (AvgIpc) is 2.15. The van der Waals surface area contributed by atoms with Gasteiger partial charge < -0.3 is 15.1 Å². The molecule has 13 heavy (non-hydrogen) atoms. The van der Waals surface area contributed by atoms with Crippen molar-refractivity contribution in [3.05, 3.63) is 0 Å². The second-order valence-corrected chi connectivity index (χ2v) is 3.14. The van der Waals surface area contributed by atoms with E-state index in [1.54, 1.807) is 6.92 Å². The number of rotatable bonds is 6. The monoisotopic (exact) mass is 209 g/mol. The van der Waals surface area contributed by atoms with Gasteiger partial charge in [0.1, 0.15) is 0 Å². The molecule has 5 heteroatoms. The van der Waals surface area contributed by atoms with Gasteiger partial charge in [0.2, 0.25) is 5.91 Å². The highest BCUT2D eigenvalue weighted by molar-refractivity contribution is 6.19. The molecule has 0 aliphatic heterocycles. The molecule has 0 bridgehead atoms. The topological polar surface area (TPSA) is 60.8 Å². The van der Waals surface area contributed by atoms with Gasteiger partial charge in [0, 0.05) is 24.9 Å². The summed E-state index contributed by atoms with van der Waals surface area (Å²) < 4.78 is 0. The minimum atomic E-state index is -0.264. The summed E-state index contributed by atoms with van der Waals surface area (Å²) >= 11 is 5.52. The Morgan fingerprint density at radius 2 is 1.85 bits per heavy atom. The van der Waals surface area contributed by atoms with Gasteiger partial charge in [-0.05, 0) is 0 Å². The lowest BCUT2D eigenvalue weighted by atomic mass is 10.2. The molecule has 0 aromatic carbocycles. The van der Waals surface area contributed by atoms with Gasteiger partial charge in [0.15, 0.2) is 0 Å². The van der Waals surface area contributed by atoms with Crippen LogP contribution in [0.3, 0.4) is 0 Å². The van der Waals surface area contributed by atoms with Gasteiger partial charge in [-0.1, -0.05) is 6.92 Å². The molecule has 0 aliphatic carbocycles. The maximum Gasteiger partial charge on any atom is 0.226 e. The molecular weight excluding hydrogens is 194 g/mol. The quantitative estimate of drug-likeness (QED) is 0.590. The van der Waals surface area contributed by atoms with Crippen molar-refractivity contribution in [3.63, 3.8) is 0 Å². The summed E-state index contributed by atoms with van der Waals surface area (Å²) in [6, 6.07) is 0. The fourth-order valence-electron chi connectivity index (χ4n) is 0.951. The van der Waals surface area contributed by atoms with Crippen molar-refractivity contribution >= 4 is 17.5 Å². The summed E-state index contributed by atoms with van der Waals surface area (Å²) in [5.74, 6) is -0.135. The van der Waals surface area contributed by atoms with E-state index >= 15 is 0 Å². The summed E-state index contributed by atoms with van der Waals surface area (Å²) in [5.41, 5.74) is 0. The van der Waals surface area contributed by atoms with Crippen LogP contribution in [0.25, 0.3) is 0 Å². The minimum Gasteiger partial charge on any atom is -0.395 e. The first-order chi connectivity index (χ1) is 6.17. The second-order valence-electron chi connectivity index (χ2n) is 2.83. The van der Waals surface area contributed by atoms with Crippen molar-refractivity contribution in [3.8, 4) is 0 Å². The summed E-state index contributed by atoms with van der Waals surface area (Å²) in [4.78, 5) is 12.9. The van der Waals surface area contributed by atoms with Crippen LogP contribution in [0, 0.1) is 5.92 Å². The van der Waals surface area contributed by atoms with E-state index in [1.165, 1.54) is 4.90 Å². The molecule has 0 saturated carbocycles. The molecule has 1 amide bonds. The molecule has 0 heterocycles. The van der Waals surface area contributed by atoms with Crippen LogP contribution in [0.2, 0.25) is 0 Å². The van der Waals surface area contributed by atoms with E-state index in [0.29, 0.717) is 0 Å². The van der Waals surface area contributed by atoms with Crippen molar-refractivity contribution in [2.75, 3.05) is 32.2 Å². The number of nitrogens with zero attached hydrogens (tertiary/aromatic N) is 1. The van der Waals surface area contributed by atoms with Crippen molar-refractivity contribution in [2.24, 2.45) is 5.92 Å². The van der Waals surface area contributed by atoms with E-state index in [2.05, 4.69) is 0 Å². The van der Waals surface area contributed by atoms with E-state index < -0.39 is 0 Å². The highest BCUT2D eigenvalue weighted by Crippen LogP contribution is 2.04. The van der Waals surface area contributed by atoms with Crippen LogP contribution in [0.15, 0.2) is 0 Å². The Morgan fingerprint density at radius 1 is 1.38 bits per heavy atom. The number of alkyl halides is 1. The molecule has 0 radical (unpaired) electrons. The van der Waals surface area contributed by atoms with Crippen LogP contribution in [-0.2, 0) is 4.79 Å². The maximum absolute atomic E-state index is 11.5. The van der Waals surface area contributed by atoms with Crippen LogP contribution in [0.4, 0.5) is 0 Å². The highest BCUT2D eigenvalue weighted by Gasteiger charge is 2.18. The number of hydrogen-bond acceptors (Lipinski definition) is 3. The lowest BCUT2D eigenvalue weighted by molar-refractivity contribution is -0.135. The van der Waals surface area contributed by atoms with Gasteiger partial charge in [-0.3, -0.25) is 4.79 Å². The summed E-state index contributed by atoms with van der Waals surface area (Å²) in [5, 5.41) is 17.3. The molecule has 2 N–H and O–H groups in total. The Balaban J connectivity index is 4.09. The molecule has 0 fully saturated rings. The SMILES string of the molecule is CC(CCl)C(=O)N(CCO)CCO. The van der Waals surface area contributed by atoms with Crippen molar-refractivity contribution < 1.29 is 15.0 Å². The molecule has 0 saturated heterocycles. The molecule has 1 atom stereocenters. The number of aliphatic hydroxyl groups is 2. The van der Waals surface area contributed by atoms with Gasteiger partial charge >= 0.3 is 0 Å². The van der Waals surface area contributed by atoms with Crippen molar-refractivity contribution in [2.45, 2.75) is 6.92 Å². The molecule has 0 spiro atoms. The Labute approximate surface area is 83.1 Å². The maximum atomic E-state index is 11.5. The van der Waals surface area contributed by atoms with Gasteiger partial charge in [0.25, 0.3) is 0 Å². The minimum absolute atomic E-state index is 0.0965. The average molecular weight is 210 g/mol. The number of aliphatic hydroxyl groups excluding tert-OH is 2. The number of halogens is 1. The van der Waals surface area contributed by atoms with Gasteiger partial charge in [-0.15, -0.1) is 11.6 Å². The van der Waals surface area contributed by atoms with E-state index in [4.69, 9.17) is 21.8 Å². The van der Waals surface area contributed by atoms with Gasteiger partial charge in [0.05, 0.1) is 13.2 Å². The molecule has 0 aromatic heterocycles. The molecule has 4 nitrogen and oxygen atoms in total. The lowest BCUT2D eigenvalue weighted by Crippen LogP contribution is -2.39. The lowest BCUT2D eigenvalue weighted by Gasteiger charge is -2.23. The number of carbonyl (C=O) groups is 1. The fourth-order valence-corrected chi connectivity index (χ4v) is 1.08. The summed E-state index contributed by atoms with van der Waals surface area (Å²) in [7, 11) is 0. The molecule has 0 aliphatic rings. The first kappa shape index (κ1) is 12.7. The first-order valence-electron chi connectivity index (χ1n) is 4.23. The van der Waals surface area contributed by atoms with E-state index in [0.717, 1.165) is 0 Å². The van der Waals surface area contributed by atoms with Gasteiger partial charge in [-0.2, -0.15) is 0 Å². The smallest absolute Gasteiger partial charge is 0.226 e. The summed E-state index contributed by atoms with van der Waals surface area (Å²) in [6.07, 6.45) is 0. The van der Waals surface area contributed by atoms with Gasteiger partial charge in [-0.25, -0.2) is 0 Å². The van der Waals surface area contributed by atoms with Crippen molar-refractivity contribution in [1.82, 2.24) is 4.90 Å². The summed E-state index contributed by atoms with van der Waals surface area (Å²) in [6.45, 7) is 2.03. The molecule has 0 rings (SSSR count). The van der Waals surface area contributed by atoms with Crippen LogP contribution >= 0.6 is 11.6 Å². The van der Waals surface area contributed by atoms with Crippen LogP contribution < -0.4 is 0 Å². The zero-order valence-corrected chi connectivity index (χ0v) is 8.50. The van der Waals surface area contributed by atoms with Crippen LogP contribution in [-0.4, -0.2) is 53.2 Å². The van der Waals surface area contributed by atoms with E-state index in [-0.39, 0.29) is 44.0 Å². The largest absolute Gasteiger partial charge is 0.395 e. The molecular formula is C8H16ClNO3. The standard InChI is InChI=1S/C8H16ClNO3/c1-7(6-9)8(13)10(2-4-11)3-5-12/h7,11-12H,2-6H2,1H3. The predicted octanol–water partition coefficient (Wildman–Crippen LogP) is -0.325.